The zero-order valence-electron chi connectivity index (χ0n) is 27.1. The third-order valence-corrected chi connectivity index (χ3v) is 9.42. The van der Waals surface area contributed by atoms with Crippen LogP contribution in [0.5, 0.6) is 0 Å². The van der Waals surface area contributed by atoms with Gasteiger partial charge in [-0.25, -0.2) is 9.78 Å². The Morgan fingerprint density at radius 1 is 1.02 bits per heavy atom. The minimum absolute atomic E-state index is 0.0440. The van der Waals surface area contributed by atoms with Crippen LogP contribution in [0, 0.1) is 12.3 Å². The predicted molar refractivity (Wildman–Crippen MR) is 183 cm³/mol. The number of carbonyl (C=O) groups excluding carboxylic acids is 1. The van der Waals surface area contributed by atoms with Gasteiger partial charge in [0, 0.05) is 30.3 Å². The van der Waals surface area contributed by atoms with E-state index < -0.39 is 11.4 Å². The third-order valence-electron chi connectivity index (χ3n) is 9.07. The molecule has 3 heterocycles. The molecule has 1 amide bonds. The second-order valence-corrected chi connectivity index (χ2v) is 13.9. The molecule has 0 atom stereocenters. The van der Waals surface area contributed by atoms with Crippen LogP contribution in [-0.2, 0) is 29.8 Å². The molecule has 244 valence electrons. The number of hydrogen-bond donors (Lipinski definition) is 1. The van der Waals surface area contributed by atoms with Crippen LogP contribution in [0.3, 0.4) is 0 Å². The van der Waals surface area contributed by atoms with E-state index in [0.29, 0.717) is 52.5 Å². The van der Waals surface area contributed by atoms with E-state index in [1.807, 2.05) is 36.6 Å². The average molecular weight is 646 g/mol. The molecule has 0 unspecified atom stereocenters. The van der Waals surface area contributed by atoms with E-state index in [4.69, 9.17) is 23.0 Å². The summed E-state index contributed by atoms with van der Waals surface area (Å²) in [5.74, 6) is 2.23. The number of carboxylic acid groups (broad SMARTS) is 1. The molecule has 0 saturated carbocycles. The summed E-state index contributed by atoms with van der Waals surface area (Å²) < 4.78 is 1.56. The molecular formula is C36H44ClN5O4. The maximum Gasteiger partial charge on any atom is 0.335 e. The summed E-state index contributed by atoms with van der Waals surface area (Å²) in [6.45, 7) is 10.2. The average Bonchev–Trinajstić information content (AvgIpc) is 3.03. The van der Waals surface area contributed by atoms with Crippen molar-refractivity contribution in [3.05, 3.63) is 68.2 Å². The van der Waals surface area contributed by atoms with E-state index in [0.717, 1.165) is 50.9 Å². The molecule has 2 saturated heterocycles. The highest BCUT2D eigenvalue weighted by molar-refractivity contribution is 6.32. The van der Waals surface area contributed by atoms with Gasteiger partial charge in [0.1, 0.15) is 12.4 Å². The minimum Gasteiger partial charge on any atom is -0.478 e. The Kier molecular flexibility index (Phi) is 10.4. The SMILES string of the molecule is C#CCN(Cc1cc2c(=O)n(CC(=O)N3CCCCC3)c(CN3CCCCC3)nc2cc1Cl)c1ccc(C(=O)O)c(C(C)(C)C)c1. The number of benzene rings is 2. The lowest BCUT2D eigenvalue weighted by atomic mass is 9.83. The number of carboxylic acids is 1. The van der Waals surface area contributed by atoms with Crippen molar-refractivity contribution < 1.29 is 14.7 Å². The van der Waals surface area contributed by atoms with E-state index in [1.165, 1.54) is 6.42 Å². The highest BCUT2D eigenvalue weighted by Gasteiger charge is 2.25. The van der Waals surface area contributed by atoms with E-state index in [9.17, 15) is 19.5 Å². The standard InChI is InChI=1S/C36H44ClN5O4/c1-5-14-41(26-12-13-27(35(45)46)29(20-26)36(2,3)4)22-25-19-28-31(21-30(25)37)38-32(23-39-15-8-6-9-16-39)42(34(28)44)24-33(43)40-17-10-7-11-18-40/h1,12-13,19-21H,6-11,14-18,22-24H2,2-4H3,(H,45,46). The van der Waals surface area contributed by atoms with Crippen LogP contribution >= 0.6 is 11.6 Å². The monoisotopic (exact) mass is 645 g/mol. The second kappa shape index (κ2) is 14.3. The molecule has 5 rings (SSSR count). The molecule has 9 nitrogen and oxygen atoms in total. The Balaban J connectivity index is 1.54. The van der Waals surface area contributed by atoms with Crippen LogP contribution in [0.15, 0.2) is 35.1 Å². The van der Waals surface area contributed by atoms with Crippen LogP contribution < -0.4 is 10.5 Å². The number of terminal acetylenes is 1. The van der Waals surface area contributed by atoms with Gasteiger partial charge in [-0.15, -0.1) is 6.42 Å². The summed E-state index contributed by atoms with van der Waals surface area (Å²) >= 11 is 6.85. The Morgan fingerprint density at radius 2 is 1.70 bits per heavy atom. The molecule has 2 aromatic carbocycles. The number of hydrogen-bond acceptors (Lipinski definition) is 6. The molecule has 0 bridgehead atoms. The number of aromatic nitrogens is 2. The third kappa shape index (κ3) is 7.56. The first-order valence-corrected chi connectivity index (χ1v) is 16.6. The minimum atomic E-state index is -0.986. The largest absolute Gasteiger partial charge is 0.478 e. The summed E-state index contributed by atoms with van der Waals surface area (Å²) in [6, 6.07) is 8.71. The van der Waals surface area contributed by atoms with Crippen LogP contribution in [-0.4, -0.2) is 69.1 Å². The van der Waals surface area contributed by atoms with Gasteiger partial charge in [-0.1, -0.05) is 44.7 Å². The van der Waals surface area contributed by atoms with Gasteiger partial charge < -0.3 is 14.9 Å². The first-order valence-electron chi connectivity index (χ1n) is 16.2. The molecular weight excluding hydrogens is 602 g/mol. The normalized spacial score (nSPS) is 15.9. The number of aromatic carboxylic acids is 1. The van der Waals surface area contributed by atoms with E-state index >= 15 is 0 Å². The molecule has 46 heavy (non-hydrogen) atoms. The summed E-state index contributed by atoms with van der Waals surface area (Å²) in [4.78, 5) is 50.6. The molecule has 1 N–H and O–H groups in total. The number of amides is 1. The van der Waals surface area contributed by atoms with Crippen LogP contribution in [0.25, 0.3) is 10.9 Å². The highest BCUT2D eigenvalue weighted by Crippen LogP contribution is 2.32. The van der Waals surface area contributed by atoms with Crippen molar-refractivity contribution in [3.8, 4) is 12.3 Å². The van der Waals surface area contributed by atoms with Crippen molar-refractivity contribution >= 4 is 40.1 Å². The number of fused-ring (bicyclic) bond motifs is 1. The molecule has 2 aliphatic rings. The Hall–Kier alpha value is -3.87. The summed E-state index contributed by atoms with van der Waals surface area (Å²) in [7, 11) is 0. The van der Waals surface area contributed by atoms with Gasteiger partial charge in [-0.2, -0.15) is 0 Å². The molecule has 1 aromatic heterocycles. The number of rotatable bonds is 9. The van der Waals surface area contributed by atoms with E-state index in [-0.39, 0.29) is 36.7 Å². The van der Waals surface area contributed by atoms with Crippen molar-refractivity contribution in [1.29, 1.82) is 0 Å². The quantitative estimate of drug-likeness (QED) is 0.299. The number of carbonyl (C=O) groups is 2. The zero-order valence-corrected chi connectivity index (χ0v) is 27.9. The maximum absolute atomic E-state index is 14.2. The first-order chi connectivity index (χ1) is 22.0. The van der Waals surface area contributed by atoms with Gasteiger partial charge in [-0.05, 0) is 92.1 Å². The van der Waals surface area contributed by atoms with Gasteiger partial charge in [0.15, 0.2) is 0 Å². The molecule has 2 aliphatic heterocycles. The van der Waals surface area contributed by atoms with Gasteiger partial charge >= 0.3 is 5.97 Å². The summed E-state index contributed by atoms with van der Waals surface area (Å²) in [5, 5.41) is 10.6. The van der Waals surface area contributed by atoms with Crippen molar-refractivity contribution in [2.75, 3.05) is 37.6 Å². The lowest BCUT2D eigenvalue weighted by Gasteiger charge is -2.29. The van der Waals surface area contributed by atoms with E-state index in [1.54, 1.807) is 28.8 Å². The van der Waals surface area contributed by atoms with Crippen molar-refractivity contribution in [2.24, 2.45) is 0 Å². The number of halogens is 1. The number of likely N-dealkylation sites (tertiary alicyclic amines) is 2. The fourth-order valence-electron chi connectivity index (χ4n) is 6.52. The molecule has 2 fully saturated rings. The Labute approximate surface area is 276 Å². The smallest absolute Gasteiger partial charge is 0.335 e. The highest BCUT2D eigenvalue weighted by atomic mass is 35.5. The maximum atomic E-state index is 14.2. The van der Waals surface area contributed by atoms with Crippen molar-refractivity contribution in [3.63, 3.8) is 0 Å². The second-order valence-electron chi connectivity index (χ2n) is 13.5. The first kappa shape index (κ1) is 33.5. The lowest BCUT2D eigenvalue weighted by molar-refractivity contribution is -0.132. The predicted octanol–water partition coefficient (Wildman–Crippen LogP) is 5.68. The van der Waals surface area contributed by atoms with Gasteiger partial charge in [-0.3, -0.25) is 19.1 Å². The summed E-state index contributed by atoms with van der Waals surface area (Å²) in [6.07, 6.45) is 12.2. The van der Waals surface area contributed by atoms with E-state index in [2.05, 4.69) is 10.8 Å². The fourth-order valence-corrected chi connectivity index (χ4v) is 6.74. The number of anilines is 1. The van der Waals surface area contributed by atoms with Crippen molar-refractivity contribution in [1.82, 2.24) is 19.4 Å². The van der Waals surface area contributed by atoms with Gasteiger partial charge in [0.05, 0.1) is 29.6 Å². The Morgan fingerprint density at radius 3 is 2.33 bits per heavy atom. The molecule has 0 radical (unpaired) electrons. The molecule has 0 spiro atoms. The van der Waals surface area contributed by atoms with Crippen LogP contribution in [0.2, 0.25) is 5.02 Å². The van der Waals surface area contributed by atoms with Gasteiger partial charge in [0.2, 0.25) is 5.91 Å². The number of nitrogens with zero attached hydrogens (tertiary/aromatic N) is 5. The van der Waals surface area contributed by atoms with Gasteiger partial charge in [0.25, 0.3) is 5.56 Å². The van der Waals surface area contributed by atoms with Crippen LogP contribution in [0.1, 0.15) is 86.6 Å². The molecule has 3 aromatic rings. The molecule has 0 aliphatic carbocycles. The molecule has 10 heteroatoms. The Bertz CT molecular complexity index is 1710. The topological polar surface area (TPSA) is 99.0 Å². The van der Waals surface area contributed by atoms with Crippen molar-refractivity contribution in [2.45, 2.75) is 84.3 Å². The fraction of sp³-hybridized carbons (Fsp3) is 0.500. The zero-order chi connectivity index (χ0) is 33.0. The lowest BCUT2D eigenvalue weighted by Crippen LogP contribution is -2.41. The number of piperidine rings is 2. The van der Waals surface area contributed by atoms with Crippen LogP contribution in [0.4, 0.5) is 5.69 Å². The summed E-state index contributed by atoms with van der Waals surface area (Å²) in [5.41, 5.74) is 2.19.